The first-order chi connectivity index (χ1) is 12.0. The Kier molecular flexibility index (Phi) is 6.80. The van der Waals surface area contributed by atoms with Crippen molar-refractivity contribution in [3.05, 3.63) is 58.1 Å². The number of rotatable bonds is 6. The van der Waals surface area contributed by atoms with E-state index in [1.54, 1.807) is 49.6 Å². The summed E-state index contributed by atoms with van der Waals surface area (Å²) in [5.41, 5.74) is 3.37. The smallest absolute Gasteiger partial charge is 0.249 e. The molecule has 8 heteroatoms. The number of carbonyl (C=O) groups excluding carboxylic acids is 2. The predicted molar refractivity (Wildman–Crippen MR) is 98.4 cm³/mol. The number of nitrogens with one attached hydrogen (secondary N) is 2. The third-order valence-corrected chi connectivity index (χ3v) is 3.86. The molecule has 0 saturated carbocycles. The number of carbonyl (C=O) groups is 2. The minimum atomic E-state index is -0.560. The molecule has 0 aliphatic carbocycles. The molecule has 0 aliphatic rings. The Morgan fingerprint density at radius 2 is 1.92 bits per heavy atom. The summed E-state index contributed by atoms with van der Waals surface area (Å²) in [6.45, 7) is 0. The highest BCUT2D eigenvalue weighted by Crippen LogP contribution is 2.29. The first-order valence-corrected chi connectivity index (χ1v) is 7.95. The summed E-state index contributed by atoms with van der Waals surface area (Å²) in [6.07, 6.45) is 1.05. The van der Waals surface area contributed by atoms with Crippen molar-refractivity contribution in [3.8, 4) is 5.75 Å². The van der Waals surface area contributed by atoms with Gasteiger partial charge in [-0.05, 0) is 29.8 Å². The molecule has 0 bridgehead atoms. The Balaban J connectivity index is 1.86. The number of halogens is 2. The van der Waals surface area contributed by atoms with Crippen LogP contribution in [0, 0.1) is 0 Å². The number of hydrogen-bond donors (Lipinski definition) is 2. The van der Waals surface area contributed by atoms with E-state index in [2.05, 4.69) is 15.8 Å². The van der Waals surface area contributed by atoms with Crippen molar-refractivity contribution < 1.29 is 14.3 Å². The van der Waals surface area contributed by atoms with Crippen LogP contribution in [0.25, 0.3) is 0 Å². The largest absolute Gasteiger partial charge is 0.497 e. The topological polar surface area (TPSA) is 79.8 Å². The van der Waals surface area contributed by atoms with Gasteiger partial charge in [-0.2, -0.15) is 5.10 Å². The van der Waals surface area contributed by atoms with Crippen molar-refractivity contribution in [1.82, 2.24) is 5.43 Å². The Labute approximate surface area is 154 Å². The molecule has 0 unspecified atom stereocenters. The standard InChI is InChI=1S/C17H15Cl2N3O3/c1-25-12-5-2-4-11(8-12)10-20-22-16(24)9-15(23)21-14-7-3-6-13(18)17(14)19/h2-8,10H,9H2,1H3,(H,21,23)(H,22,24). The molecule has 0 saturated heterocycles. The molecule has 0 aromatic heterocycles. The van der Waals surface area contributed by atoms with Crippen molar-refractivity contribution >= 4 is 46.9 Å². The second-order valence-corrected chi connectivity index (χ2v) is 5.68. The monoisotopic (exact) mass is 379 g/mol. The molecule has 2 N–H and O–H groups in total. The quantitative estimate of drug-likeness (QED) is 0.458. The third kappa shape index (κ3) is 5.77. The van der Waals surface area contributed by atoms with Gasteiger partial charge in [0.15, 0.2) is 0 Å². The van der Waals surface area contributed by atoms with Crippen molar-refractivity contribution in [1.29, 1.82) is 0 Å². The molecule has 0 spiro atoms. The molecule has 25 heavy (non-hydrogen) atoms. The lowest BCUT2D eigenvalue weighted by atomic mass is 10.2. The fourth-order valence-electron chi connectivity index (χ4n) is 1.88. The second kappa shape index (κ2) is 9.05. The summed E-state index contributed by atoms with van der Waals surface area (Å²) in [5.74, 6) is -0.416. The summed E-state index contributed by atoms with van der Waals surface area (Å²) in [7, 11) is 1.56. The predicted octanol–water partition coefficient (Wildman–Crippen LogP) is 3.48. The van der Waals surface area contributed by atoms with Crippen LogP contribution in [0.15, 0.2) is 47.6 Å². The van der Waals surface area contributed by atoms with Gasteiger partial charge in [0.25, 0.3) is 0 Å². The summed E-state index contributed by atoms with van der Waals surface area (Å²) in [4.78, 5) is 23.6. The number of ether oxygens (including phenoxy) is 1. The van der Waals surface area contributed by atoms with Gasteiger partial charge in [-0.25, -0.2) is 5.43 Å². The van der Waals surface area contributed by atoms with Gasteiger partial charge >= 0.3 is 0 Å². The molecule has 0 aliphatic heterocycles. The van der Waals surface area contributed by atoms with Gasteiger partial charge < -0.3 is 10.1 Å². The van der Waals surface area contributed by atoms with Crippen LogP contribution in [0.3, 0.4) is 0 Å². The second-order valence-electron chi connectivity index (χ2n) is 4.90. The van der Waals surface area contributed by atoms with Crippen molar-refractivity contribution in [3.63, 3.8) is 0 Å². The molecular weight excluding hydrogens is 365 g/mol. The van der Waals surface area contributed by atoms with E-state index in [1.165, 1.54) is 6.21 Å². The van der Waals surface area contributed by atoms with E-state index in [-0.39, 0.29) is 5.02 Å². The molecule has 0 heterocycles. The molecule has 6 nitrogen and oxygen atoms in total. The first-order valence-electron chi connectivity index (χ1n) is 7.19. The molecule has 0 radical (unpaired) electrons. The highest BCUT2D eigenvalue weighted by Gasteiger charge is 2.11. The van der Waals surface area contributed by atoms with E-state index in [9.17, 15) is 9.59 Å². The van der Waals surface area contributed by atoms with Crippen molar-refractivity contribution in [2.75, 3.05) is 12.4 Å². The van der Waals surface area contributed by atoms with Gasteiger partial charge in [0.05, 0.1) is 29.1 Å². The van der Waals surface area contributed by atoms with E-state index in [0.717, 1.165) is 5.56 Å². The molecule has 130 valence electrons. The molecule has 0 atom stereocenters. The zero-order valence-electron chi connectivity index (χ0n) is 13.3. The van der Waals surface area contributed by atoms with Gasteiger partial charge in [-0.3, -0.25) is 9.59 Å². The van der Waals surface area contributed by atoms with Gasteiger partial charge in [0, 0.05) is 0 Å². The summed E-state index contributed by atoms with van der Waals surface area (Å²) < 4.78 is 5.09. The minimum Gasteiger partial charge on any atom is -0.497 e. The fourth-order valence-corrected chi connectivity index (χ4v) is 2.23. The van der Waals surface area contributed by atoms with Crippen LogP contribution >= 0.6 is 23.2 Å². The molecule has 0 fully saturated rings. The average molecular weight is 380 g/mol. The van der Waals surface area contributed by atoms with E-state index in [4.69, 9.17) is 27.9 Å². The fraction of sp³-hybridized carbons (Fsp3) is 0.118. The molecule has 2 aromatic rings. The van der Waals surface area contributed by atoms with Gasteiger partial charge in [0.2, 0.25) is 11.8 Å². The Bertz CT molecular complexity index is 809. The van der Waals surface area contributed by atoms with E-state index >= 15 is 0 Å². The van der Waals surface area contributed by atoms with Crippen LogP contribution < -0.4 is 15.5 Å². The number of nitrogens with zero attached hydrogens (tertiary/aromatic N) is 1. The van der Waals surface area contributed by atoms with E-state index in [1.807, 2.05) is 0 Å². The number of hydrogen-bond acceptors (Lipinski definition) is 4. The van der Waals surface area contributed by atoms with E-state index in [0.29, 0.717) is 16.5 Å². The lowest BCUT2D eigenvalue weighted by Crippen LogP contribution is -2.24. The Morgan fingerprint density at radius 1 is 1.16 bits per heavy atom. The van der Waals surface area contributed by atoms with Crippen LogP contribution in [0.2, 0.25) is 10.0 Å². The molecule has 2 amide bonds. The zero-order valence-corrected chi connectivity index (χ0v) is 14.8. The Morgan fingerprint density at radius 3 is 2.68 bits per heavy atom. The maximum Gasteiger partial charge on any atom is 0.249 e. The van der Waals surface area contributed by atoms with Gasteiger partial charge in [-0.1, -0.05) is 41.4 Å². The summed E-state index contributed by atoms with van der Waals surface area (Å²) in [5, 5.41) is 6.85. The Hall–Kier alpha value is -2.57. The molecule has 2 aromatic carbocycles. The first kappa shape index (κ1) is 18.8. The van der Waals surface area contributed by atoms with Gasteiger partial charge in [-0.15, -0.1) is 0 Å². The number of benzene rings is 2. The summed E-state index contributed by atoms with van der Waals surface area (Å²) >= 11 is 11.8. The van der Waals surface area contributed by atoms with Gasteiger partial charge in [0.1, 0.15) is 12.2 Å². The average Bonchev–Trinajstić information content (AvgIpc) is 2.59. The normalized spacial score (nSPS) is 10.5. The molecular formula is C17H15Cl2N3O3. The van der Waals surface area contributed by atoms with Crippen LogP contribution in [-0.2, 0) is 9.59 Å². The maximum absolute atomic E-state index is 11.9. The van der Waals surface area contributed by atoms with Crippen LogP contribution in [0.1, 0.15) is 12.0 Å². The number of anilines is 1. The highest BCUT2D eigenvalue weighted by molar-refractivity contribution is 6.44. The van der Waals surface area contributed by atoms with E-state index < -0.39 is 18.2 Å². The molecule has 2 rings (SSSR count). The number of amides is 2. The van der Waals surface area contributed by atoms with Crippen molar-refractivity contribution in [2.24, 2.45) is 5.10 Å². The van der Waals surface area contributed by atoms with Crippen molar-refractivity contribution in [2.45, 2.75) is 6.42 Å². The highest BCUT2D eigenvalue weighted by atomic mass is 35.5. The lowest BCUT2D eigenvalue weighted by molar-refractivity contribution is -0.126. The third-order valence-electron chi connectivity index (χ3n) is 3.04. The SMILES string of the molecule is COc1cccc(C=NNC(=O)CC(=O)Nc2cccc(Cl)c2Cl)c1. The maximum atomic E-state index is 11.9. The van der Waals surface area contributed by atoms with Crippen LogP contribution in [0.5, 0.6) is 5.75 Å². The summed E-state index contributed by atoms with van der Waals surface area (Å²) in [6, 6.07) is 12.0. The number of hydrazone groups is 1. The zero-order chi connectivity index (χ0) is 18.2. The number of methoxy groups -OCH3 is 1. The lowest BCUT2D eigenvalue weighted by Gasteiger charge is -2.07. The van der Waals surface area contributed by atoms with Crippen LogP contribution in [0.4, 0.5) is 5.69 Å². The van der Waals surface area contributed by atoms with Crippen LogP contribution in [-0.4, -0.2) is 25.1 Å². The minimum absolute atomic E-state index is 0.217.